The zero-order valence-corrected chi connectivity index (χ0v) is 19.9. The van der Waals surface area contributed by atoms with E-state index in [0.29, 0.717) is 17.2 Å². The van der Waals surface area contributed by atoms with Gasteiger partial charge in [0.2, 0.25) is 0 Å². The fourth-order valence-corrected chi connectivity index (χ4v) is 4.30. The molecule has 2 aromatic carbocycles. The van der Waals surface area contributed by atoms with Crippen LogP contribution in [0.4, 0.5) is 0 Å². The average molecular weight is 502 g/mol. The SMILES string of the molecule is COc1cc(/C(O)=C2\C(=O)C(=O)N(CCc3ccc(Cl)cc3)C2c2ccco2)c(OC)cc1Cl. The van der Waals surface area contributed by atoms with Crippen LogP contribution >= 0.6 is 23.2 Å². The second-order valence-corrected chi connectivity index (χ2v) is 8.42. The number of carbonyl (C=O) groups excluding carboxylic acids is 2. The molecule has 34 heavy (non-hydrogen) atoms. The van der Waals surface area contributed by atoms with Gasteiger partial charge >= 0.3 is 0 Å². The molecule has 0 aliphatic carbocycles. The van der Waals surface area contributed by atoms with Crippen molar-refractivity contribution in [3.63, 3.8) is 0 Å². The third-order valence-electron chi connectivity index (χ3n) is 5.64. The predicted molar refractivity (Wildman–Crippen MR) is 127 cm³/mol. The van der Waals surface area contributed by atoms with Crippen molar-refractivity contribution in [1.82, 2.24) is 4.90 Å². The van der Waals surface area contributed by atoms with Crippen LogP contribution in [0.2, 0.25) is 10.0 Å². The van der Waals surface area contributed by atoms with Crippen LogP contribution in [0.25, 0.3) is 5.76 Å². The summed E-state index contributed by atoms with van der Waals surface area (Å²) in [6.45, 7) is 0.218. The molecule has 4 rings (SSSR count). The Morgan fingerprint density at radius 1 is 1.06 bits per heavy atom. The number of ketones is 1. The lowest BCUT2D eigenvalue weighted by Crippen LogP contribution is -2.31. The number of nitrogens with zero attached hydrogens (tertiary/aromatic N) is 1. The normalized spacial score (nSPS) is 17.3. The number of benzene rings is 2. The zero-order chi connectivity index (χ0) is 24.4. The Balaban J connectivity index is 1.80. The van der Waals surface area contributed by atoms with Crippen molar-refractivity contribution < 1.29 is 28.6 Å². The lowest BCUT2D eigenvalue weighted by molar-refractivity contribution is -0.140. The fourth-order valence-electron chi connectivity index (χ4n) is 3.94. The Labute approximate surface area is 206 Å². The average Bonchev–Trinajstić information content (AvgIpc) is 3.45. The van der Waals surface area contributed by atoms with Crippen LogP contribution < -0.4 is 9.47 Å². The van der Waals surface area contributed by atoms with E-state index < -0.39 is 23.5 Å². The molecule has 1 atom stereocenters. The van der Waals surface area contributed by atoms with Crippen LogP contribution in [0.1, 0.15) is 22.9 Å². The number of likely N-dealkylation sites (tertiary alicyclic amines) is 1. The first kappa shape index (κ1) is 23.7. The summed E-state index contributed by atoms with van der Waals surface area (Å²) in [4.78, 5) is 27.6. The van der Waals surface area contributed by atoms with Crippen LogP contribution in [-0.4, -0.2) is 42.5 Å². The van der Waals surface area contributed by atoms with Gasteiger partial charge in [-0.3, -0.25) is 9.59 Å². The number of methoxy groups -OCH3 is 2. The van der Waals surface area contributed by atoms with Crippen molar-refractivity contribution in [1.29, 1.82) is 0 Å². The van der Waals surface area contributed by atoms with Gasteiger partial charge in [-0.2, -0.15) is 0 Å². The number of carbonyl (C=O) groups is 2. The molecule has 176 valence electrons. The highest BCUT2D eigenvalue weighted by Crippen LogP contribution is 2.43. The maximum absolute atomic E-state index is 13.1. The molecule has 7 nitrogen and oxygen atoms in total. The summed E-state index contributed by atoms with van der Waals surface area (Å²) in [5.74, 6) is -1.15. The van der Waals surface area contributed by atoms with Crippen molar-refractivity contribution in [2.24, 2.45) is 0 Å². The minimum absolute atomic E-state index is 0.112. The number of amides is 1. The van der Waals surface area contributed by atoms with E-state index in [1.807, 2.05) is 12.1 Å². The van der Waals surface area contributed by atoms with Gasteiger partial charge in [-0.05, 0) is 42.3 Å². The van der Waals surface area contributed by atoms with Gasteiger partial charge in [-0.15, -0.1) is 0 Å². The van der Waals surface area contributed by atoms with Gasteiger partial charge in [0.05, 0.1) is 36.6 Å². The Hall–Kier alpha value is -3.42. The highest BCUT2D eigenvalue weighted by Gasteiger charge is 2.47. The van der Waals surface area contributed by atoms with Gasteiger partial charge < -0.3 is 23.9 Å². The summed E-state index contributed by atoms with van der Waals surface area (Å²) >= 11 is 12.1. The van der Waals surface area contributed by atoms with E-state index in [2.05, 4.69) is 0 Å². The number of rotatable bonds is 7. The van der Waals surface area contributed by atoms with E-state index in [-0.39, 0.29) is 34.2 Å². The number of halogens is 2. The number of aliphatic hydroxyl groups is 1. The minimum Gasteiger partial charge on any atom is -0.507 e. The summed E-state index contributed by atoms with van der Waals surface area (Å²) in [5, 5.41) is 12.1. The van der Waals surface area contributed by atoms with E-state index in [1.54, 1.807) is 24.3 Å². The first-order valence-electron chi connectivity index (χ1n) is 10.3. The molecule has 3 aromatic rings. The topological polar surface area (TPSA) is 89.2 Å². The molecule has 2 heterocycles. The van der Waals surface area contributed by atoms with Crippen molar-refractivity contribution >= 4 is 40.7 Å². The third-order valence-corrected chi connectivity index (χ3v) is 6.18. The molecule has 0 saturated carbocycles. The molecule has 1 aliphatic heterocycles. The highest BCUT2D eigenvalue weighted by molar-refractivity contribution is 6.46. The van der Waals surface area contributed by atoms with Crippen LogP contribution in [-0.2, 0) is 16.0 Å². The molecule has 0 radical (unpaired) electrons. The summed E-state index contributed by atoms with van der Waals surface area (Å²) in [6.07, 6.45) is 1.92. The Morgan fingerprint density at radius 3 is 2.38 bits per heavy atom. The molecular formula is C25H21Cl2NO6. The largest absolute Gasteiger partial charge is 0.507 e. The Kier molecular flexibility index (Phi) is 6.86. The van der Waals surface area contributed by atoms with E-state index in [0.717, 1.165) is 5.56 Å². The lowest BCUT2D eigenvalue weighted by atomic mass is 9.98. The van der Waals surface area contributed by atoms with Gasteiger partial charge in [-0.1, -0.05) is 35.3 Å². The molecule has 1 unspecified atom stereocenters. The minimum atomic E-state index is -0.923. The Morgan fingerprint density at radius 2 is 1.76 bits per heavy atom. The third kappa shape index (κ3) is 4.36. The van der Waals surface area contributed by atoms with Crippen molar-refractivity contribution in [2.45, 2.75) is 12.5 Å². The van der Waals surface area contributed by atoms with Gasteiger partial charge in [-0.25, -0.2) is 0 Å². The van der Waals surface area contributed by atoms with E-state index in [4.69, 9.17) is 37.1 Å². The maximum atomic E-state index is 13.1. The summed E-state index contributed by atoms with van der Waals surface area (Å²) < 4.78 is 16.2. The standard InChI is InChI=1S/C25H21Cl2NO6/c1-32-19-13-17(27)20(33-2)12-16(19)23(29)21-22(18-4-3-11-34-18)28(25(31)24(21)30)10-9-14-5-7-15(26)8-6-14/h3-8,11-13,22,29H,9-10H2,1-2H3/b23-21+. The molecule has 1 amide bonds. The van der Waals surface area contributed by atoms with Gasteiger partial charge in [0.1, 0.15) is 29.1 Å². The summed E-state index contributed by atoms with van der Waals surface area (Å²) in [7, 11) is 2.83. The quantitative estimate of drug-likeness (QED) is 0.269. The first-order chi connectivity index (χ1) is 16.3. The van der Waals surface area contributed by atoms with Gasteiger partial charge in [0.15, 0.2) is 0 Å². The number of hydrogen-bond acceptors (Lipinski definition) is 6. The second kappa shape index (κ2) is 9.83. The zero-order valence-electron chi connectivity index (χ0n) is 18.4. The second-order valence-electron chi connectivity index (χ2n) is 7.57. The molecule has 1 N–H and O–H groups in total. The number of hydrogen-bond donors (Lipinski definition) is 1. The van der Waals surface area contributed by atoms with Gasteiger partial charge in [0, 0.05) is 17.6 Å². The van der Waals surface area contributed by atoms with E-state index in [1.165, 1.54) is 37.5 Å². The molecule has 9 heteroatoms. The highest BCUT2D eigenvalue weighted by atomic mass is 35.5. The van der Waals surface area contributed by atoms with E-state index >= 15 is 0 Å². The van der Waals surface area contributed by atoms with Crippen LogP contribution in [0.3, 0.4) is 0 Å². The molecule has 0 bridgehead atoms. The maximum Gasteiger partial charge on any atom is 0.295 e. The molecule has 0 spiro atoms. The van der Waals surface area contributed by atoms with Crippen molar-refractivity contribution in [3.8, 4) is 11.5 Å². The van der Waals surface area contributed by atoms with Crippen LogP contribution in [0.15, 0.2) is 64.8 Å². The molecular weight excluding hydrogens is 481 g/mol. The smallest absolute Gasteiger partial charge is 0.295 e. The van der Waals surface area contributed by atoms with E-state index in [9.17, 15) is 14.7 Å². The monoisotopic (exact) mass is 501 g/mol. The summed E-state index contributed by atoms with van der Waals surface area (Å²) in [6, 6.07) is 12.5. The number of Topliss-reactive ketones (excluding diaryl/α,β-unsaturated/α-hetero) is 1. The number of furan rings is 1. The van der Waals surface area contributed by atoms with Crippen molar-refractivity contribution in [2.75, 3.05) is 20.8 Å². The molecule has 1 fully saturated rings. The van der Waals surface area contributed by atoms with Gasteiger partial charge in [0.25, 0.3) is 11.7 Å². The molecule has 1 aliphatic rings. The van der Waals surface area contributed by atoms with Crippen LogP contribution in [0.5, 0.6) is 11.5 Å². The van der Waals surface area contributed by atoms with Crippen molar-refractivity contribution in [3.05, 3.63) is 87.3 Å². The molecule has 1 saturated heterocycles. The van der Waals surface area contributed by atoms with Crippen LogP contribution in [0, 0.1) is 0 Å². The Bertz CT molecular complexity index is 1250. The molecule has 1 aromatic heterocycles. The number of ether oxygens (including phenoxy) is 2. The number of aliphatic hydroxyl groups excluding tert-OH is 1. The predicted octanol–water partition coefficient (Wildman–Crippen LogP) is 5.27. The lowest BCUT2D eigenvalue weighted by Gasteiger charge is -2.23. The fraction of sp³-hybridized carbons (Fsp3) is 0.200. The summed E-state index contributed by atoms with van der Waals surface area (Å²) in [5.41, 5.74) is 0.989. The first-order valence-corrected chi connectivity index (χ1v) is 11.1.